The number of amides is 3. The highest BCUT2D eigenvalue weighted by Crippen LogP contribution is 2.22. The fourth-order valence-corrected chi connectivity index (χ4v) is 3.76. The smallest absolute Gasteiger partial charge is 0.261 e. The zero-order valence-electron chi connectivity index (χ0n) is 14.4. The molecule has 3 rings (SSSR count). The number of nitrogens with zero attached hydrogens (tertiary/aromatic N) is 1. The van der Waals surface area contributed by atoms with Crippen LogP contribution in [0.4, 0.5) is 5.69 Å². The summed E-state index contributed by atoms with van der Waals surface area (Å²) in [5, 5.41) is 2.55. The lowest BCUT2D eigenvalue weighted by molar-refractivity contribution is -0.114. The molecule has 1 aliphatic rings. The first-order valence-electron chi connectivity index (χ1n) is 8.12. The van der Waals surface area contributed by atoms with E-state index in [1.165, 1.54) is 31.2 Å². The summed E-state index contributed by atoms with van der Waals surface area (Å²) in [6.07, 6.45) is 0. The number of sulfonamides is 1. The van der Waals surface area contributed by atoms with E-state index in [0.717, 1.165) is 4.90 Å². The van der Waals surface area contributed by atoms with Crippen LogP contribution >= 0.6 is 0 Å². The molecule has 2 aromatic rings. The van der Waals surface area contributed by atoms with E-state index in [-0.39, 0.29) is 23.9 Å². The maximum atomic E-state index is 12.3. The highest BCUT2D eigenvalue weighted by atomic mass is 32.2. The molecule has 9 heteroatoms. The molecule has 0 saturated heterocycles. The van der Waals surface area contributed by atoms with Gasteiger partial charge in [0.05, 0.1) is 16.0 Å². The van der Waals surface area contributed by atoms with Crippen molar-refractivity contribution in [3.8, 4) is 0 Å². The normalized spacial score (nSPS) is 13.6. The van der Waals surface area contributed by atoms with Crippen molar-refractivity contribution in [2.24, 2.45) is 0 Å². The number of benzene rings is 2. The Morgan fingerprint density at radius 2 is 1.52 bits per heavy atom. The Morgan fingerprint density at radius 3 is 2.04 bits per heavy atom. The second-order valence-corrected chi connectivity index (χ2v) is 7.68. The third-order valence-corrected chi connectivity index (χ3v) is 5.47. The van der Waals surface area contributed by atoms with E-state index in [0.29, 0.717) is 16.8 Å². The molecule has 0 spiro atoms. The lowest BCUT2D eigenvalue weighted by atomic mass is 10.1. The van der Waals surface area contributed by atoms with Gasteiger partial charge in [-0.1, -0.05) is 12.1 Å². The number of carbonyl (C=O) groups excluding carboxylic acids is 3. The van der Waals surface area contributed by atoms with E-state index < -0.39 is 21.8 Å². The van der Waals surface area contributed by atoms with Gasteiger partial charge in [-0.2, -0.15) is 0 Å². The van der Waals surface area contributed by atoms with Crippen LogP contribution in [0.15, 0.2) is 53.4 Å². The van der Waals surface area contributed by atoms with Crippen LogP contribution in [0.1, 0.15) is 27.6 Å². The average molecular weight is 387 g/mol. The molecule has 1 aliphatic heterocycles. The standard InChI is InChI=1S/C18H17N3O5S/c1-12(22)20-13-6-8-14(9-7-13)27(25,26)19-10-11-21-17(23)15-4-2-3-5-16(15)18(21)24/h2-9,19H,10-11H2,1H3,(H,20,22). The third-order valence-electron chi connectivity index (χ3n) is 3.99. The molecule has 0 aliphatic carbocycles. The van der Waals surface area contributed by atoms with Crippen molar-refractivity contribution >= 4 is 33.4 Å². The van der Waals surface area contributed by atoms with E-state index in [4.69, 9.17) is 0 Å². The summed E-state index contributed by atoms with van der Waals surface area (Å²) in [5.74, 6) is -1.13. The summed E-state index contributed by atoms with van der Waals surface area (Å²) >= 11 is 0. The van der Waals surface area contributed by atoms with Crippen molar-refractivity contribution in [2.45, 2.75) is 11.8 Å². The summed E-state index contributed by atoms with van der Waals surface area (Å²) < 4.78 is 27.0. The number of anilines is 1. The zero-order valence-corrected chi connectivity index (χ0v) is 15.2. The quantitative estimate of drug-likeness (QED) is 0.724. The van der Waals surface area contributed by atoms with Crippen molar-refractivity contribution in [3.63, 3.8) is 0 Å². The molecule has 0 saturated carbocycles. The van der Waals surface area contributed by atoms with Gasteiger partial charge in [-0.05, 0) is 36.4 Å². The number of fused-ring (bicyclic) bond motifs is 1. The van der Waals surface area contributed by atoms with Gasteiger partial charge < -0.3 is 5.32 Å². The molecule has 0 bridgehead atoms. The number of hydrogen-bond acceptors (Lipinski definition) is 5. The van der Waals surface area contributed by atoms with Gasteiger partial charge in [-0.25, -0.2) is 13.1 Å². The highest BCUT2D eigenvalue weighted by Gasteiger charge is 2.34. The van der Waals surface area contributed by atoms with E-state index in [1.54, 1.807) is 24.3 Å². The minimum Gasteiger partial charge on any atom is -0.326 e. The zero-order chi connectivity index (χ0) is 19.6. The summed E-state index contributed by atoms with van der Waals surface area (Å²) in [5.41, 5.74) is 1.12. The molecule has 0 fully saturated rings. The van der Waals surface area contributed by atoms with E-state index in [1.807, 2.05) is 0 Å². The Hall–Kier alpha value is -3.04. The minimum atomic E-state index is -3.81. The molecule has 8 nitrogen and oxygen atoms in total. The van der Waals surface area contributed by atoms with Gasteiger partial charge in [-0.3, -0.25) is 19.3 Å². The second kappa shape index (κ2) is 7.29. The number of imide groups is 1. The van der Waals surface area contributed by atoms with Crippen LogP contribution in [0.25, 0.3) is 0 Å². The summed E-state index contributed by atoms with van der Waals surface area (Å²) in [4.78, 5) is 36.5. The number of nitrogens with one attached hydrogen (secondary N) is 2. The summed E-state index contributed by atoms with van der Waals surface area (Å²) in [6.45, 7) is 1.17. The van der Waals surface area contributed by atoms with Crippen molar-refractivity contribution in [3.05, 3.63) is 59.7 Å². The van der Waals surface area contributed by atoms with Gasteiger partial charge in [0.25, 0.3) is 11.8 Å². The van der Waals surface area contributed by atoms with Crippen molar-refractivity contribution in [2.75, 3.05) is 18.4 Å². The summed E-state index contributed by atoms with van der Waals surface area (Å²) in [6, 6.07) is 12.1. The van der Waals surface area contributed by atoms with Crippen molar-refractivity contribution < 1.29 is 22.8 Å². The van der Waals surface area contributed by atoms with Gasteiger partial charge in [0, 0.05) is 25.7 Å². The van der Waals surface area contributed by atoms with Gasteiger partial charge >= 0.3 is 0 Å². The molecule has 3 amide bonds. The van der Waals surface area contributed by atoms with Crippen molar-refractivity contribution in [1.82, 2.24) is 9.62 Å². The first-order chi connectivity index (χ1) is 12.8. The Morgan fingerprint density at radius 1 is 0.963 bits per heavy atom. The predicted octanol–water partition coefficient (Wildman–Crippen LogP) is 1.22. The monoisotopic (exact) mass is 387 g/mol. The molecule has 0 atom stereocenters. The minimum absolute atomic E-state index is 0.0129. The molecule has 1 heterocycles. The maximum Gasteiger partial charge on any atom is 0.261 e. The largest absolute Gasteiger partial charge is 0.326 e. The maximum absolute atomic E-state index is 12.3. The highest BCUT2D eigenvalue weighted by molar-refractivity contribution is 7.89. The fourth-order valence-electron chi connectivity index (χ4n) is 2.74. The lowest BCUT2D eigenvalue weighted by Crippen LogP contribution is -2.38. The van der Waals surface area contributed by atoms with Gasteiger partial charge in [0.2, 0.25) is 15.9 Å². The number of rotatable bonds is 6. The van der Waals surface area contributed by atoms with Crippen LogP contribution in [0.2, 0.25) is 0 Å². The van der Waals surface area contributed by atoms with Gasteiger partial charge in [0.15, 0.2) is 0 Å². The van der Waals surface area contributed by atoms with Crippen LogP contribution in [-0.2, 0) is 14.8 Å². The molecular weight excluding hydrogens is 370 g/mol. The van der Waals surface area contributed by atoms with Gasteiger partial charge in [-0.15, -0.1) is 0 Å². The first kappa shape index (κ1) is 18.7. The van der Waals surface area contributed by atoms with Crippen LogP contribution in [-0.4, -0.2) is 44.1 Å². The SMILES string of the molecule is CC(=O)Nc1ccc(S(=O)(=O)NCCN2C(=O)c3ccccc3C2=O)cc1. The van der Waals surface area contributed by atoms with Crippen LogP contribution in [0.5, 0.6) is 0 Å². The number of carbonyl (C=O) groups is 3. The van der Waals surface area contributed by atoms with Crippen molar-refractivity contribution in [1.29, 1.82) is 0 Å². The van der Waals surface area contributed by atoms with E-state index >= 15 is 0 Å². The van der Waals surface area contributed by atoms with E-state index in [2.05, 4.69) is 10.0 Å². The average Bonchev–Trinajstić information content (AvgIpc) is 2.87. The molecule has 2 aromatic carbocycles. The molecule has 2 N–H and O–H groups in total. The van der Waals surface area contributed by atoms with Gasteiger partial charge in [0.1, 0.15) is 0 Å². The Bertz CT molecular complexity index is 981. The molecule has 0 radical (unpaired) electrons. The molecular formula is C18H17N3O5S. The van der Waals surface area contributed by atoms with Crippen LogP contribution in [0.3, 0.4) is 0 Å². The summed E-state index contributed by atoms with van der Waals surface area (Å²) in [7, 11) is -3.81. The Kier molecular flexibility index (Phi) is 5.06. The number of hydrogen-bond donors (Lipinski definition) is 2. The molecule has 140 valence electrons. The Balaban J connectivity index is 1.62. The topological polar surface area (TPSA) is 113 Å². The fraction of sp³-hybridized carbons (Fsp3) is 0.167. The molecule has 0 unspecified atom stereocenters. The Labute approximate surface area is 156 Å². The van der Waals surface area contributed by atoms with Crippen LogP contribution in [0, 0.1) is 0 Å². The second-order valence-electron chi connectivity index (χ2n) is 5.91. The lowest BCUT2D eigenvalue weighted by Gasteiger charge is -2.14. The third kappa shape index (κ3) is 3.88. The first-order valence-corrected chi connectivity index (χ1v) is 9.60. The predicted molar refractivity (Wildman–Crippen MR) is 97.7 cm³/mol. The van der Waals surface area contributed by atoms with Crippen LogP contribution < -0.4 is 10.0 Å². The van der Waals surface area contributed by atoms with E-state index in [9.17, 15) is 22.8 Å². The molecule has 27 heavy (non-hydrogen) atoms. The molecule has 0 aromatic heterocycles.